The number of carbonyl (C=O) groups excluding carboxylic acids is 2. The highest BCUT2D eigenvalue weighted by molar-refractivity contribution is 6.07. The normalized spacial score (nSPS) is 10.2. The van der Waals surface area contributed by atoms with Crippen molar-refractivity contribution in [2.75, 3.05) is 11.9 Å². The van der Waals surface area contributed by atoms with E-state index in [-0.39, 0.29) is 18.1 Å². The van der Waals surface area contributed by atoms with Crippen LogP contribution in [0.1, 0.15) is 33.3 Å². The standard InChI is InChI=1S/C14H16N4O3/c1-4-21-14(20)11-9(2)17-18(3)12(11)16-13(19)10-6-5-7-15-8-10/h5-8H,4H2,1-3H3,(H,16,19). The van der Waals surface area contributed by atoms with E-state index in [0.717, 1.165) is 0 Å². The molecule has 1 amide bonds. The van der Waals surface area contributed by atoms with E-state index in [1.165, 1.54) is 10.9 Å². The van der Waals surface area contributed by atoms with E-state index < -0.39 is 5.97 Å². The van der Waals surface area contributed by atoms with Crippen LogP contribution in [0, 0.1) is 6.92 Å². The van der Waals surface area contributed by atoms with Crippen molar-refractivity contribution in [1.29, 1.82) is 0 Å². The molecule has 7 heteroatoms. The molecule has 110 valence electrons. The molecule has 0 saturated carbocycles. The van der Waals surface area contributed by atoms with E-state index >= 15 is 0 Å². The maximum absolute atomic E-state index is 12.2. The Bertz CT molecular complexity index is 664. The molecule has 0 unspecified atom stereocenters. The van der Waals surface area contributed by atoms with E-state index in [1.54, 1.807) is 39.2 Å². The number of nitrogens with one attached hydrogen (secondary N) is 1. The van der Waals surface area contributed by atoms with Crippen LogP contribution in [0.4, 0.5) is 5.82 Å². The maximum Gasteiger partial charge on any atom is 0.343 e. The van der Waals surface area contributed by atoms with Crippen molar-refractivity contribution in [3.05, 3.63) is 41.3 Å². The number of hydrogen-bond donors (Lipinski definition) is 1. The Morgan fingerprint density at radius 2 is 2.19 bits per heavy atom. The van der Waals surface area contributed by atoms with Gasteiger partial charge >= 0.3 is 5.97 Å². The number of nitrogens with zero attached hydrogens (tertiary/aromatic N) is 3. The number of aryl methyl sites for hydroxylation is 2. The van der Waals surface area contributed by atoms with E-state index in [1.807, 2.05) is 0 Å². The summed E-state index contributed by atoms with van der Waals surface area (Å²) in [7, 11) is 1.65. The molecule has 21 heavy (non-hydrogen) atoms. The molecule has 0 aliphatic rings. The average Bonchev–Trinajstić information content (AvgIpc) is 2.74. The summed E-state index contributed by atoms with van der Waals surface area (Å²) < 4.78 is 6.43. The molecule has 0 fully saturated rings. The van der Waals surface area contributed by atoms with Crippen molar-refractivity contribution in [3.63, 3.8) is 0 Å². The lowest BCUT2D eigenvalue weighted by Gasteiger charge is -2.08. The first-order chi connectivity index (χ1) is 10.0. The van der Waals surface area contributed by atoms with Crippen molar-refractivity contribution in [2.45, 2.75) is 13.8 Å². The van der Waals surface area contributed by atoms with Gasteiger partial charge in [-0.2, -0.15) is 5.10 Å². The molecule has 2 rings (SSSR count). The van der Waals surface area contributed by atoms with Crippen LogP contribution < -0.4 is 5.32 Å². The van der Waals surface area contributed by atoms with Gasteiger partial charge in [0.05, 0.1) is 17.9 Å². The lowest BCUT2D eigenvalue weighted by Crippen LogP contribution is -2.17. The number of carbonyl (C=O) groups is 2. The first-order valence-electron chi connectivity index (χ1n) is 6.46. The van der Waals surface area contributed by atoms with Crippen molar-refractivity contribution in [2.24, 2.45) is 7.05 Å². The molecule has 2 aromatic heterocycles. The maximum atomic E-state index is 12.2. The second kappa shape index (κ2) is 6.17. The Morgan fingerprint density at radius 1 is 1.43 bits per heavy atom. The number of amides is 1. The highest BCUT2D eigenvalue weighted by Gasteiger charge is 2.23. The molecule has 0 aliphatic heterocycles. The molecular formula is C14H16N4O3. The fourth-order valence-corrected chi connectivity index (χ4v) is 1.93. The van der Waals surface area contributed by atoms with Crippen molar-refractivity contribution in [3.8, 4) is 0 Å². The summed E-state index contributed by atoms with van der Waals surface area (Å²) in [6.45, 7) is 3.66. The van der Waals surface area contributed by atoms with Crippen molar-refractivity contribution in [1.82, 2.24) is 14.8 Å². The Kier molecular flexibility index (Phi) is 4.32. The quantitative estimate of drug-likeness (QED) is 0.863. The van der Waals surface area contributed by atoms with Crippen LogP contribution in [0.5, 0.6) is 0 Å². The number of rotatable bonds is 4. The van der Waals surface area contributed by atoms with Gasteiger partial charge in [0.2, 0.25) is 0 Å². The number of esters is 1. The third-order valence-electron chi connectivity index (χ3n) is 2.86. The fraction of sp³-hybridized carbons (Fsp3) is 0.286. The van der Waals surface area contributed by atoms with E-state index in [2.05, 4.69) is 15.4 Å². The predicted octanol–water partition coefficient (Wildman–Crippen LogP) is 1.55. The highest BCUT2D eigenvalue weighted by atomic mass is 16.5. The van der Waals surface area contributed by atoms with Crippen LogP contribution >= 0.6 is 0 Å². The molecular weight excluding hydrogens is 272 g/mol. The van der Waals surface area contributed by atoms with Gasteiger partial charge in [0.25, 0.3) is 5.91 Å². The number of hydrogen-bond acceptors (Lipinski definition) is 5. The van der Waals surface area contributed by atoms with Gasteiger partial charge in [0.1, 0.15) is 11.4 Å². The van der Waals surface area contributed by atoms with Gasteiger partial charge in [-0.15, -0.1) is 0 Å². The minimum absolute atomic E-state index is 0.253. The second-order valence-corrected chi connectivity index (χ2v) is 4.35. The summed E-state index contributed by atoms with van der Waals surface area (Å²) in [6.07, 6.45) is 3.03. The number of pyridine rings is 1. The number of ether oxygens (including phenoxy) is 1. The summed E-state index contributed by atoms with van der Waals surface area (Å²) >= 11 is 0. The van der Waals surface area contributed by atoms with Crippen LogP contribution in [0.3, 0.4) is 0 Å². The summed E-state index contributed by atoms with van der Waals surface area (Å²) in [4.78, 5) is 28.0. The highest BCUT2D eigenvalue weighted by Crippen LogP contribution is 2.20. The zero-order valence-electron chi connectivity index (χ0n) is 12.1. The molecule has 0 saturated heterocycles. The third-order valence-corrected chi connectivity index (χ3v) is 2.86. The predicted molar refractivity (Wildman–Crippen MR) is 76.1 cm³/mol. The zero-order chi connectivity index (χ0) is 15.4. The van der Waals surface area contributed by atoms with Crippen LogP contribution in [-0.2, 0) is 11.8 Å². The Labute approximate surface area is 121 Å². The van der Waals surface area contributed by atoms with Gasteiger partial charge in [0, 0.05) is 19.4 Å². The number of aromatic nitrogens is 3. The molecule has 1 N–H and O–H groups in total. The average molecular weight is 288 g/mol. The van der Waals surface area contributed by atoms with E-state index in [9.17, 15) is 9.59 Å². The number of anilines is 1. The smallest absolute Gasteiger partial charge is 0.343 e. The lowest BCUT2D eigenvalue weighted by atomic mass is 10.2. The molecule has 0 bridgehead atoms. The van der Waals surface area contributed by atoms with Crippen molar-refractivity contribution < 1.29 is 14.3 Å². The Morgan fingerprint density at radius 3 is 2.81 bits per heavy atom. The monoisotopic (exact) mass is 288 g/mol. The van der Waals surface area contributed by atoms with Gasteiger partial charge in [0.15, 0.2) is 0 Å². The minimum Gasteiger partial charge on any atom is -0.462 e. The summed E-state index contributed by atoms with van der Waals surface area (Å²) in [5.74, 6) is -0.568. The van der Waals surface area contributed by atoms with Gasteiger partial charge in [-0.1, -0.05) is 0 Å². The largest absolute Gasteiger partial charge is 0.462 e. The van der Waals surface area contributed by atoms with Crippen LogP contribution in [0.15, 0.2) is 24.5 Å². The molecule has 2 aromatic rings. The van der Waals surface area contributed by atoms with Crippen LogP contribution in [0.25, 0.3) is 0 Å². The summed E-state index contributed by atoms with van der Waals surface area (Å²) in [5.41, 5.74) is 1.15. The Balaban J connectivity index is 2.32. The molecule has 0 aliphatic carbocycles. The minimum atomic E-state index is -0.510. The molecule has 0 aromatic carbocycles. The molecule has 7 nitrogen and oxygen atoms in total. The van der Waals surface area contributed by atoms with E-state index in [4.69, 9.17) is 4.74 Å². The van der Waals surface area contributed by atoms with Crippen LogP contribution in [-0.4, -0.2) is 33.2 Å². The molecule has 2 heterocycles. The fourth-order valence-electron chi connectivity index (χ4n) is 1.93. The van der Waals surface area contributed by atoms with Gasteiger partial charge in [-0.05, 0) is 26.0 Å². The topological polar surface area (TPSA) is 86.1 Å². The van der Waals surface area contributed by atoms with Crippen LogP contribution in [0.2, 0.25) is 0 Å². The van der Waals surface area contributed by atoms with Crippen molar-refractivity contribution >= 4 is 17.7 Å². The van der Waals surface area contributed by atoms with E-state index in [0.29, 0.717) is 17.1 Å². The Hall–Kier alpha value is -2.70. The summed E-state index contributed by atoms with van der Waals surface area (Å²) in [6, 6.07) is 3.30. The SMILES string of the molecule is CCOC(=O)c1c(C)nn(C)c1NC(=O)c1cccnc1. The first kappa shape index (κ1) is 14.7. The molecule has 0 radical (unpaired) electrons. The first-order valence-corrected chi connectivity index (χ1v) is 6.46. The van der Waals surface area contributed by atoms with Gasteiger partial charge in [-0.3, -0.25) is 14.5 Å². The van der Waals surface area contributed by atoms with Gasteiger partial charge in [-0.25, -0.2) is 4.79 Å². The second-order valence-electron chi connectivity index (χ2n) is 4.35. The summed E-state index contributed by atoms with van der Waals surface area (Å²) in [5, 5.41) is 6.82. The molecule has 0 spiro atoms. The third kappa shape index (κ3) is 3.07. The zero-order valence-corrected chi connectivity index (χ0v) is 12.1. The molecule has 0 atom stereocenters. The van der Waals surface area contributed by atoms with Gasteiger partial charge < -0.3 is 10.1 Å². The lowest BCUT2D eigenvalue weighted by molar-refractivity contribution is 0.0526.